The van der Waals surface area contributed by atoms with Crippen LogP contribution in [0.2, 0.25) is 0 Å². The van der Waals surface area contributed by atoms with Gasteiger partial charge in [0.15, 0.2) is 11.6 Å². The van der Waals surface area contributed by atoms with Crippen LogP contribution in [-0.2, 0) is 9.59 Å². The molecule has 2 N–H and O–H groups in total. The summed E-state index contributed by atoms with van der Waals surface area (Å²) in [5, 5.41) is 5.13. The Morgan fingerprint density at radius 1 is 1.25 bits per heavy atom. The Morgan fingerprint density at radius 2 is 1.92 bits per heavy atom. The van der Waals surface area contributed by atoms with Crippen molar-refractivity contribution in [1.29, 1.82) is 0 Å². The molecule has 0 radical (unpaired) electrons. The minimum atomic E-state index is -0.525. The van der Waals surface area contributed by atoms with Crippen LogP contribution in [0.25, 0.3) is 0 Å². The van der Waals surface area contributed by atoms with Crippen molar-refractivity contribution in [2.75, 3.05) is 12.4 Å². The lowest BCUT2D eigenvalue weighted by molar-refractivity contribution is -0.136. The third-order valence-electron chi connectivity index (χ3n) is 3.77. The first kappa shape index (κ1) is 19.5. The van der Waals surface area contributed by atoms with Crippen LogP contribution in [0.15, 0.2) is 18.2 Å². The molecule has 1 aromatic carbocycles. The minimum absolute atomic E-state index is 0.00738. The average Bonchev–Trinajstić information content (AvgIpc) is 2.58. The molecule has 24 heavy (non-hydrogen) atoms. The van der Waals surface area contributed by atoms with E-state index in [1.807, 2.05) is 13.8 Å². The van der Waals surface area contributed by atoms with Crippen LogP contribution in [0.4, 0.5) is 5.69 Å². The second-order valence-electron chi connectivity index (χ2n) is 5.31. The first-order valence-electron chi connectivity index (χ1n) is 8.12. The van der Waals surface area contributed by atoms with Crippen LogP contribution >= 0.6 is 0 Å². The lowest BCUT2D eigenvalue weighted by Crippen LogP contribution is -2.41. The van der Waals surface area contributed by atoms with E-state index in [2.05, 4.69) is 10.6 Å². The molecule has 2 rings (SSSR count). The molecule has 6 heteroatoms. The highest BCUT2D eigenvalue weighted by Gasteiger charge is 2.30. The van der Waals surface area contributed by atoms with Gasteiger partial charge in [0, 0.05) is 37.1 Å². The predicted octanol–water partition coefficient (Wildman–Crippen LogP) is 2.58. The Labute approximate surface area is 142 Å². The molecule has 1 atom stereocenters. The van der Waals surface area contributed by atoms with Crippen LogP contribution in [0, 0.1) is 5.92 Å². The van der Waals surface area contributed by atoms with Crippen LogP contribution in [0.3, 0.4) is 0 Å². The standard InChI is InChI=1S/C16H18N2O4.C2H6/c1-9(19)15-11(4-3-5-12(15)17-2)13(20)8-10-6-7-14(21)18-16(10)22;1-2/h3-5,10,17H,6-8H2,1-2H3,(H,18,21,22);1-2H3. The molecule has 0 saturated carbocycles. The van der Waals surface area contributed by atoms with Gasteiger partial charge in [-0.25, -0.2) is 0 Å². The summed E-state index contributed by atoms with van der Waals surface area (Å²) in [7, 11) is 1.68. The first-order chi connectivity index (χ1) is 11.4. The first-order valence-corrected chi connectivity index (χ1v) is 8.12. The molecular formula is C18H24N2O4. The summed E-state index contributed by atoms with van der Waals surface area (Å²) in [6, 6.07) is 5.00. The molecule has 1 aliphatic heterocycles. The summed E-state index contributed by atoms with van der Waals surface area (Å²) in [6.07, 6.45) is 0.587. The van der Waals surface area contributed by atoms with Crippen molar-refractivity contribution in [3.8, 4) is 0 Å². The topological polar surface area (TPSA) is 92.3 Å². The van der Waals surface area contributed by atoms with Gasteiger partial charge in [0.1, 0.15) is 0 Å². The molecule has 0 aromatic heterocycles. The van der Waals surface area contributed by atoms with Gasteiger partial charge in [-0.3, -0.25) is 24.5 Å². The van der Waals surface area contributed by atoms with Gasteiger partial charge in [0.2, 0.25) is 11.8 Å². The van der Waals surface area contributed by atoms with E-state index in [-0.39, 0.29) is 30.3 Å². The molecule has 0 bridgehead atoms. The molecule has 1 fully saturated rings. The fraction of sp³-hybridized carbons (Fsp3) is 0.444. The molecule has 2 amide bonds. The van der Waals surface area contributed by atoms with Crippen molar-refractivity contribution in [2.45, 2.75) is 40.0 Å². The van der Waals surface area contributed by atoms with E-state index in [4.69, 9.17) is 0 Å². The number of imide groups is 1. The van der Waals surface area contributed by atoms with Crippen LogP contribution in [0.5, 0.6) is 0 Å². The number of piperidine rings is 1. The molecule has 1 aliphatic rings. The Balaban J connectivity index is 0.00000139. The number of anilines is 1. The van der Waals surface area contributed by atoms with Crippen molar-refractivity contribution in [1.82, 2.24) is 5.32 Å². The van der Waals surface area contributed by atoms with Crippen molar-refractivity contribution in [3.05, 3.63) is 29.3 Å². The summed E-state index contributed by atoms with van der Waals surface area (Å²) in [5.74, 6) is -1.73. The molecule has 6 nitrogen and oxygen atoms in total. The fourth-order valence-electron chi connectivity index (χ4n) is 2.64. The third-order valence-corrected chi connectivity index (χ3v) is 3.77. The van der Waals surface area contributed by atoms with E-state index in [1.165, 1.54) is 6.92 Å². The molecule has 130 valence electrons. The number of Topliss-reactive ketones (excluding diaryl/α,β-unsaturated/α-hetero) is 2. The zero-order chi connectivity index (χ0) is 18.3. The van der Waals surface area contributed by atoms with Crippen LogP contribution in [-0.4, -0.2) is 30.4 Å². The molecule has 1 saturated heterocycles. The van der Waals surface area contributed by atoms with Gasteiger partial charge in [-0.15, -0.1) is 0 Å². The van der Waals surface area contributed by atoms with Crippen LogP contribution < -0.4 is 10.6 Å². The quantitative estimate of drug-likeness (QED) is 0.638. The number of nitrogens with one attached hydrogen (secondary N) is 2. The normalized spacial score (nSPS) is 16.6. The maximum atomic E-state index is 12.5. The fourth-order valence-corrected chi connectivity index (χ4v) is 2.64. The van der Waals surface area contributed by atoms with Crippen molar-refractivity contribution in [2.24, 2.45) is 5.92 Å². The average molecular weight is 332 g/mol. The van der Waals surface area contributed by atoms with E-state index >= 15 is 0 Å². The summed E-state index contributed by atoms with van der Waals surface area (Å²) < 4.78 is 0. The number of hydrogen-bond donors (Lipinski definition) is 2. The van der Waals surface area contributed by atoms with Gasteiger partial charge in [-0.05, 0) is 19.4 Å². The SMILES string of the molecule is CC.CNc1cccc(C(=O)CC2CCC(=O)NC2=O)c1C(C)=O. The maximum absolute atomic E-state index is 12.5. The summed E-state index contributed by atoms with van der Waals surface area (Å²) in [4.78, 5) is 47.2. The number of ketones is 2. The third kappa shape index (κ3) is 4.50. The number of rotatable bonds is 5. The van der Waals surface area contributed by atoms with E-state index in [9.17, 15) is 19.2 Å². The van der Waals surface area contributed by atoms with E-state index < -0.39 is 11.8 Å². The van der Waals surface area contributed by atoms with Gasteiger partial charge in [-0.2, -0.15) is 0 Å². The summed E-state index contributed by atoms with van der Waals surface area (Å²) >= 11 is 0. The number of carbonyl (C=O) groups is 4. The van der Waals surface area contributed by atoms with Crippen molar-refractivity contribution < 1.29 is 19.2 Å². The number of amides is 2. The number of hydrogen-bond acceptors (Lipinski definition) is 5. The Bertz CT molecular complexity index is 652. The van der Waals surface area contributed by atoms with E-state index in [0.29, 0.717) is 23.2 Å². The number of benzene rings is 1. The van der Waals surface area contributed by atoms with E-state index in [1.54, 1.807) is 25.2 Å². The highest BCUT2D eigenvalue weighted by atomic mass is 16.2. The number of carbonyl (C=O) groups excluding carboxylic acids is 4. The van der Waals surface area contributed by atoms with Gasteiger partial charge < -0.3 is 5.32 Å². The predicted molar refractivity (Wildman–Crippen MR) is 92.2 cm³/mol. The largest absolute Gasteiger partial charge is 0.388 e. The van der Waals surface area contributed by atoms with Gasteiger partial charge in [0.05, 0.1) is 5.56 Å². The van der Waals surface area contributed by atoms with Gasteiger partial charge in [0.25, 0.3) is 0 Å². The lowest BCUT2D eigenvalue weighted by atomic mass is 9.88. The maximum Gasteiger partial charge on any atom is 0.230 e. The van der Waals surface area contributed by atoms with E-state index in [0.717, 1.165) is 0 Å². The molecule has 1 unspecified atom stereocenters. The summed E-state index contributed by atoms with van der Waals surface area (Å²) in [5.41, 5.74) is 1.23. The smallest absolute Gasteiger partial charge is 0.230 e. The molecular weight excluding hydrogens is 308 g/mol. The summed E-state index contributed by atoms with van der Waals surface area (Å²) in [6.45, 7) is 5.40. The molecule has 1 heterocycles. The lowest BCUT2D eigenvalue weighted by Gasteiger charge is -2.20. The van der Waals surface area contributed by atoms with Gasteiger partial charge in [-0.1, -0.05) is 26.0 Å². The zero-order valence-corrected chi connectivity index (χ0v) is 14.6. The zero-order valence-electron chi connectivity index (χ0n) is 14.6. The van der Waals surface area contributed by atoms with Crippen LogP contribution in [0.1, 0.15) is 60.7 Å². The van der Waals surface area contributed by atoms with Crippen molar-refractivity contribution >= 4 is 29.1 Å². The highest BCUT2D eigenvalue weighted by molar-refractivity contribution is 6.12. The second-order valence-corrected chi connectivity index (χ2v) is 5.31. The Kier molecular flexibility index (Phi) is 7.30. The van der Waals surface area contributed by atoms with Gasteiger partial charge >= 0.3 is 0 Å². The highest BCUT2D eigenvalue weighted by Crippen LogP contribution is 2.25. The monoisotopic (exact) mass is 332 g/mol. The Hall–Kier alpha value is -2.50. The Morgan fingerprint density at radius 3 is 2.46 bits per heavy atom. The van der Waals surface area contributed by atoms with Crippen molar-refractivity contribution in [3.63, 3.8) is 0 Å². The second kappa shape index (κ2) is 8.96. The molecule has 1 aromatic rings. The molecule has 0 spiro atoms. The minimum Gasteiger partial charge on any atom is -0.388 e. The molecule has 0 aliphatic carbocycles.